The van der Waals surface area contributed by atoms with Gasteiger partial charge in [-0.1, -0.05) is 22.9 Å². The van der Waals surface area contributed by atoms with E-state index < -0.39 is 10.0 Å². The topological polar surface area (TPSA) is 59.1 Å². The number of anilines is 1. The zero-order valence-electron chi connectivity index (χ0n) is 7.48. The summed E-state index contributed by atoms with van der Waals surface area (Å²) in [7, 11) is -3.57. The molecule has 0 fully saturated rings. The fourth-order valence-electron chi connectivity index (χ4n) is 0.909. The number of halogens is 2. The Kier molecular flexibility index (Phi) is 3.55. The molecule has 86 valence electrons. The highest BCUT2D eigenvalue weighted by molar-refractivity contribution is 9.11. The molecule has 0 aromatic carbocycles. The van der Waals surface area contributed by atoms with E-state index in [1.165, 1.54) is 23.6 Å². The Bertz CT molecular complexity index is 607. The highest BCUT2D eigenvalue weighted by Crippen LogP contribution is 2.29. The SMILES string of the molecule is O=S(=O)(Nc1ncc(Br)s1)c1ccc(Cl)s1. The van der Waals surface area contributed by atoms with E-state index in [0.717, 1.165) is 15.1 Å². The van der Waals surface area contributed by atoms with Crippen LogP contribution in [0.5, 0.6) is 0 Å². The van der Waals surface area contributed by atoms with Gasteiger partial charge in [0.2, 0.25) is 0 Å². The number of hydrogen-bond acceptors (Lipinski definition) is 5. The third-order valence-electron chi connectivity index (χ3n) is 1.51. The molecular weight excluding hydrogens is 356 g/mol. The molecule has 16 heavy (non-hydrogen) atoms. The Balaban J connectivity index is 2.27. The maximum atomic E-state index is 11.8. The van der Waals surface area contributed by atoms with E-state index in [1.54, 1.807) is 6.07 Å². The molecule has 0 amide bonds. The van der Waals surface area contributed by atoms with Crippen molar-refractivity contribution in [2.45, 2.75) is 4.21 Å². The van der Waals surface area contributed by atoms with Gasteiger partial charge in [0.1, 0.15) is 4.21 Å². The Morgan fingerprint density at radius 1 is 1.38 bits per heavy atom. The first-order valence-corrected chi connectivity index (χ1v) is 8.15. The predicted molar refractivity (Wildman–Crippen MR) is 70.0 cm³/mol. The Hall–Kier alpha value is -0.150. The maximum Gasteiger partial charge on any atom is 0.273 e. The number of thiazole rings is 1. The molecule has 2 rings (SSSR count). The summed E-state index contributed by atoms with van der Waals surface area (Å²) in [5, 5.41) is 0.316. The van der Waals surface area contributed by atoms with Crippen molar-refractivity contribution in [3.8, 4) is 0 Å². The normalized spacial score (nSPS) is 11.6. The molecule has 0 aliphatic heterocycles. The van der Waals surface area contributed by atoms with Crippen LogP contribution in [0.25, 0.3) is 0 Å². The number of hydrogen-bond donors (Lipinski definition) is 1. The highest BCUT2D eigenvalue weighted by atomic mass is 79.9. The van der Waals surface area contributed by atoms with E-state index >= 15 is 0 Å². The van der Waals surface area contributed by atoms with Crippen LogP contribution in [0.3, 0.4) is 0 Å². The van der Waals surface area contributed by atoms with Gasteiger partial charge < -0.3 is 0 Å². The van der Waals surface area contributed by atoms with Gasteiger partial charge in [0.25, 0.3) is 10.0 Å². The van der Waals surface area contributed by atoms with Crippen LogP contribution in [-0.4, -0.2) is 13.4 Å². The Morgan fingerprint density at radius 2 is 2.12 bits per heavy atom. The van der Waals surface area contributed by atoms with E-state index in [9.17, 15) is 8.42 Å². The molecule has 0 bridgehead atoms. The molecule has 0 atom stereocenters. The van der Waals surface area contributed by atoms with Gasteiger partial charge >= 0.3 is 0 Å². The van der Waals surface area contributed by atoms with Crippen LogP contribution in [0.1, 0.15) is 0 Å². The quantitative estimate of drug-likeness (QED) is 0.913. The molecule has 0 saturated carbocycles. The first kappa shape index (κ1) is 12.3. The first-order chi connectivity index (χ1) is 7.47. The second-order valence-electron chi connectivity index (χ2n) is 2.63. The summed E-state index contributed by atoms with van der Waals surface area (Å²) in [5.41, 5.74) is 0. The summed E-state index contributed by atoms with van der Waals surface area (Å²) in [6.45, 7) is 0. The lowest BCUT2D eigenvalue weighted by molar-refractivity contribution is 0.603. The van der Waals surface area contributed by atoms with Crippen LogP contribution >= 0.6 is 50.2 Å². The highest BCUT2D eigenvalue weighted by Gasteiger charge is 2.18. The third kappa shape index (κ3) is 2.75. The van der Waals surface area contributed by atoms with Gasteiger partial charge in [-0.3, -0.25) is 4.72 Å². The summed E-state index contributed by atoms with van der Waals surface area (Å²) in [6, 6.07) is 3.00. The zero-order valence-corrected chi connectivity index (χ0v) is 12.3. The maximum absolute atomic E-state index is 11.8. The van der Waals surface area contributed by atoms with Crippen molar-refractivity contribution in [2.24, 2.45) is 0 Å². The van der Waals surface area contributed by atoms with Crippen LogP contribution < -0.4 is 4.72 Å². The van der Waals surface area contributed by atoms with Crippen molar-refractivity contribution in [1.82, 2.24) is 4.98 Å². The van der Waals surface area contributed by atoms with Crippen molar-refractivity contribution in [2.75, 3.05) is 4.72 Å². The summed E-state index contributed by atoms with van der Waals surface area (Å²) >= 11 is 11.1. The molecule has 0 unspecified atom stereocenters. The molecule has 0 aliphatic rings. The molecule has 2 aromatic heterocycles. The lowest BCUT2D eigenvalue weighted by Crippen LogP contribution is -2.10. The lowest BCUT2D eigenvalue weighted by atomic mass is 10.7. The van der Waals surface area contributed by atoms with Crippen LogP contribution in [0.2, 0.25) is 4.34 Å². The molecular formula is C7H4BrClN2O2S3. The summed E-state index contributed by atoms with van der Waals surface area (Å²) in [6.07, 6.45) is 1.53. The summed E-state index contributed by atoms with van der Waals surface area (Å²) < 4.78 is 27.4. The second kappa shape index (κ2) is 4.61. The molecule has 0 spiro atoms. The van der Waals surface area contributed by atoms with Gasteiger partial charge in [0, 0.05) is 0 Å². The number of thiophene rings is 1. The average molecular weight is 360 g/mol. The molecule has 2 heterocycles. The summed E-state index contributed by atoms with van der Waals surface area (Å²) in [4.78, 5) is 3.89. The van der Waals surface area contributed by atoms with Crippen molar-refractivity contribution in [3.63, 3.8) is 0 Å². The van der Waals surface area contributed by atoms with E-state index in [1.807, 2.05) is 0 Å². The molecule has 4 nitrogen and oxygen atoms in total. The van der Waals surface area contributed by atoms with Crippen molar-refractivity contribution in [1.29, 1.82) is 0 Å². The van der Waals surface area contributed by atoms with E-state index in [0.29, 0.717) is 9.47 Å². The molecule has 0 aliphatic carbocycles. The van der Waals surface area contributed by atoms with E-state index in [4.69, 9.17) is 11.6 Å². The van der Waals surface area contributed by atoms with Crippen LogP contribution in [0, 0.1) is 0 Å². The van der Waals surface area contributed by atoms with Crippen molar-refractivity contribution < 1.29 is 8.42 Å². The van der Waals surface area contributed by atoms with Gasteiger partial charge in [0.05, 0.1) is 14.3 Å². The second-order valence-corrected chi connectivity index (χ2v) is 8.67. The fourth-order valence-corrected chi connectivity index (χ4v) is 4.74. The molecule has 1 N–H and O–H groups in total. The minimum atomic E-state index is -3.57. The standard InChI is InChI=1S/C7H4BrClN2O2S3/c8-4-3-10-7(14-4)11-16(12,13)6-2-1-5(9)15-6/h1-3H,(H,10,11). The van der Waals surface area contributed by atoms with Gasteiger partial charge in [0.15, 0.2) is 5.13 Å². The monoisotopic (exact) mass is 358 g/mol. The van der Waals surface area contributed by atoms with Crippen LogP contribution in [0.4, 0.5) is 5.13 Å². The minimum Gasteiger partial charge on any atom is -0.254 e. The average Bonchev–Trinajstić information content (AvgIpc) is 2.75. The van der Waals surface area contributed by atoms with E-state index in [-0.39, 0.29) is 4.21 Å². The van der Waals surface area contributed by atoms with Gasteiger partial charge in [-0.05, 0) is 28.1 Å². The summed E-state index contributed by atoms with van der Waals surface area (Å²) in [5.74, 6) is 0. The number of sulfonamides is 1. The smallest absolute Gasteiger partial charge is 0.254 e. The van der Waals surface area contributed by atoms with Gasteiger partial charge in [-0.25, -0.2) is 13.4 Å². The number of aromatic nitrogens is 1. The van der Waals surface area contributed by atoms with Gasteiger partial charge in [-0.15, -0.1) is 11.3 Å². The Labute approximate surface area is 113 Å². The molecule has 0 radical (unpaired) electrons. The molecule has 9 heteroatoms. The van der Waals surface area contributed by atoms with Gasteiger partial charge in [-0.2, -0.15) is 0 Å². The molecule has 0 saturated heterocycles. The van der Waals surface area contributed by atoms with Crippen LogP contribution in [0.15, 0.2) is 26.3 Å². The fraction of sp³-hybridized carbons (Fsp3) is 0. The zero-order chi connectivity index (χ0) is 11.8. The Morgan fingerprint density at radius 3 is 2.62 bits per heavy atom. The number of rotatable bonds is 3. The van der Waals surface area contributed by atoms with Crippen molar-refractivity contribution in [3.05, 3.63) is 26.5 Å². The van der Waals surface area contributed by atoms with Crippen LogP contribution in [-0.2, 0) is 10.0 Å². The van der Waals surface area contributed by atoms with E-state index in [2.05, 4.69) is 25.6 Å². The van der Waals surface area contributed by atoms with Crippen molar-refractivity contribution >= 4 is 65.4 Å². The molecule has 2 aromatic rings. The first-order valence-electron chi connectivity index (χ1n) is 3.87. The minimum absolute atomic E-state index is 0.170. The number of nitrogens with one attached hydrogen (secondary N) is 1. The number of nitrogens with zero attached hydrogens (tertiary/aromatic N) is 1. The lowest BCUT2D eigenvalue weighted by Gasteiger charge is -2.00. The third-order valence-corrected chi connectivity index (χ3v) is 6.10. The predicted octanol–water partition coefficient (Wildman–Crippen LogP) is 3.42. The largest absolute Gasteiger partial charge is 0.273 e.